The first-order valence-corrected chi connectivity index (χ1v) is 23.8. The van der Waals surface area contributed by atoms with E-state index in [9.17, 15) is 0 Å². The Balaban J connectivity index is 1.92. The molecular formula is C38H55SiZr. The number of benzene rings is 2. The normalized spacial score (nSPS) is 21.4. The quantitative estimate of drug-likeness (QED) is 0.279. The van der Waals surface area contributed by atoms with Gasteiger partial charge in [-0.1, -0.05) is 0 Å². The van der Waals surface area contributed by atoms with E-state index in [0.29, 0.717) is 23.7 Å². The van der Waals surface area contributed by atoms with Crippen molar-refractivity contribution in [1.82, 2.24) is 0 Å². The SMILES string of the molecule is CC1=C2c3c(C(C)C)cc(C(C)C)cc3[CH]1[Zr]([CH2]C(C)C)[CH]1C(C)=C(c3c(C(C)C)cc(C(C)C)cc31)[Si]2(C)C. The Morgan fingerprint density at radius 1 is 0.600 bits per heavy atom. The third kappa shape index (κ3) is 4.53. The van der Waals surface area contributed by atoms with Crippen molar-refractivity contribution < 1.29 is 21.8 Å². The fraction of sp³-hybridized carbons (Fsp3) is 0.579. The molecule has 1 heterocycles. The van der Waals surface area contributed by atoms with Crippen molar-refractivity contribution in [2.75, 3.05) is 0 Å². The van der Waals surface area contributed by atoms with Crippen molar-refractivity contribution in [3.63, 3.8) is 0 Å². The molecule has 5 rings (SSSR count). The van der Waals surface area contributed by atoms with Crippen LogP contribution in [0.25, 0.3) is 10.4 Å². The molecule has 0 spiro atoms. The third-order valence-corrected chi connectivity index (χ3v) is 24.7. The summed E-state index contributed by atoms with van der Waals surface area (Å²) in [6, 6.07) is 10.6. The molecule has 2 aliphatic carbocycles. The van der Waals surface area contributed by atoms with Gasteiger partial charge < -0.3 is 0 Å². The minimum atomic E-state index is -2.17. The van der Waals surface area contributed by atoms with Crippen LogP contribution in [0.5, 0.6) is 0 Å². The molecule has 0 fully saturated rings. The van der Waals surface area contributed by atoms with Crippen molar-refractivity contribution in [2.24, 2.45) is 5.92 Å². The molecule has 0 N–H and O–H groups in total. The summed E-state index contributed by atoms with van der Waals surface area (Å²) in [5.74, 6) is 3.01. The third-order valence-electron chi connectivity index (χ3n) is 10.4. The topological polar surface area (TPSA) is 0 Å². The Bertz CT molecular complexity index is 1310. The maximum atomic E-state index is 2.72. The van der Waals surface area contributed by atoms with Crippen LogP contribution in [0.1, 0.15) is 159 Å². The van der Waals surface area contributed by atoms with Crippen molar-refractivity contribution >= 4 is 18.5 Å². The summed E-state index contributed by atoms with van der Waals surface area (Å²) in [5, 5.41) is 3.66. The second-order valence-corrected chi connectivity index (χ2v) is 26.5. The molecule has 0 aromatic heterocycles. The van der Waals surface area contributed by atoms with E-state index in [0.717, 1.165) is 13.2 Å². The predicted octanol–water partition coefficient (Wildman–Crippen LogP) is 12.0. The van der Waals surface area contributed by atoms with Gasteiger partial charge in [0.2, 0.25) is 0 Å². The molecule has 0 saturated heterocycles. The van der Waals surface area contributed by atoms with Crippen LogP contribution in [0.15, 0.2) is 35.4 Å². The van der Waals surface area contributed by atoms with Crippen molar-refractivity contribution in [1.29, 1.82) is 0 Å². The van der Waals surface area contributed by atoms with Gasteiger partial charge in [-0.2, -0.15) is 0 Å². The number of hydrogen-bond donors (Lipinski definition) is 0. The van der Waals surface area contributed by atoms with Gasteiger partial charge in [0.1, 0.15) is 0 Å². The van der Waals surface area contributed by atoms with Gasteiger partial charge in [0.25, 0.3) is 0 Å². The molecule has 0 saturated carbocycles. The van der Waals surface area contributed by atoms with Gasteiger partial charge >= 0.3 is 257 Å². The van der Waals surface area contributed by atoms with Crippen LogP contribution in [0.3, 0.4) is 0 Å². The zero-order chi connectivity index (χ0) is 29.6. The van der Waals surface area contributed by atoms with E-state index < -0.39 is 29.8 Å². The van der Waals surface area contributed by atoms with E-state index in [4.69, 9.17) is 0 Å². The first-order chi connectivity index (χ1) is 18.6. The van der Waals surface area contributed by atoms with E-state index in [2.05, 4.69) is 120 Å². The average Bonchev–Trinajstić information content (AvgIpc) is 3.32. The van der Waals surface area contributed by atoms with Gasteiger partial charge in [0.15, 0.2) is 0 Å². The summed E-state index contributed by atoms with van der Waals surface area (Å²) < 4.78 is 2.91. The summed E-state index contributed by atoms with van der Waals surface area (Å²) in [5.41, 5.74) is 17.0. The Hall–Kier alpha value is -0.980. The standard InChI is InChI=1S/C34H46Si.C4H9.Zr/c1-19(2)25-15-27-13-23(9)33(31(27)29(17-25)21(5)6)35(11,12)34-24(10)14-28-16-26(20(3)4)18-30(22(7)8)32(28)34;1-4(2)3;/h13-22H,1-12H3;4H,1H2,2-3H3;. The fourth-order valence-corrected chi connectivity index (χ4v) is 24.6. The van der Waals surface area contributed by atoms with Crippen molar-refractivity contribution in [2.45, 2.75) is 131 Å². The molecule has 3 aliphatic rings. The van der Waals surface area contributed by atoms with Crippen LogP contribution in [0.2, 0.25) is 17.2 Å². The van der Waals surface area contributed by atoms with E-state index >= 15 is 0 Å². The van der Waals surface area contributed by atoms with Crippen molar-refractivity contribution in [3.8, 4) is 0 Å². The van der Waals surface area contributed by atoms with Gasteiger partial charge in [0, 0.05) is 0 Å². The van der Waals surface area contributed by atoms with Crippen LogP contribution in [0, 0.1) is 5.92 Å². The second-order valence-electron chi connectivity index (χ2n) is 15.5. The van der Waals surface area contributed by atoms with Crippen LogP contribution >= 0.6 is 0 Å². The maximum absolute atomic E-state index is 2.72. The van der Waals surface area contributed by atoms with Gasteiger partial charge in [-0.3, -0.25) is 0 Å². The molecule has 0 radical (unpaired) electrons. The summed E-state index contributed by atoms with van der Waals surface area (Å²) in [6.45, 7) is 35.0. The van der Waals surface area contributed by atoms with E-state index in [1.807, 2.05) is 21.5 Å². The molecule has 40 heavy (non-hydrogen) atoms. The predicted molar refractivity (Wildman–Crippen MR) is 177 cm³/mol. The summed E-state index contributed by atoms with van der Waals surface area (Å²) in [7, 11) is -2.00. The monoisotopic (exact) mass is 629 g/mol. The zero-order valence-corrected chi connectivity index (χ0v) is 31.5. The molecule has 0 amide bonds. The first-order valence-electron chi connectivity index (χ1n) is 16.2. The number of allylic oxidation sites excluding steroid dienone is 2. The summed E-state index contributed by atoms with van der Waals surface area (Å²) in [6.07, 6.45) is 0. The minimum absolute atomic E-state index is 0.552. The van der Waals surface area contributed by atoms with Crippen LogP contribution in [0.4, 0.5) is 0 Å². The molecule has 215 valence electrons. The van der Waals surface area contributed by atoms with Crippen molar-refractivity contribution in [3.05, 3.63) is 79.9 Å². The van der Waals surface area contributed by atoms with E-state index in [1.165, 1.54) is 4.13 Å². The summed E-state index contributed by atoms with van der Waals surface area (Å²) >= 11 is -2.17. The Kier molecular flexibility index (Phi) is 8.10. The Labute approximate surface area is 255 Å². The Morgan fingerprint density at radius 3 is 1.27 bits per heavy atom. The molecule has 2 heteroatoms. The number of rotatable bonds is 6. The van der Waals surface area contributed by atoms with Gasteiger partial charge in [-0.25, -0.2) is 0 Å². The zero-order valence-electron chi connectivity index (χ0n) is 28.1. The molecule has 2 aromatic rings. The summed E-state index contributed by atoms with van der Waals surface area (Å²) in [4.78, 5) is 0. The molecule has 0 nitrogen and oxygen atoms in total. The first kappa shape index (κ1) is 30.5. The molecule has 1 aliphatic heterocycles. The van der Waals surface area contributed by atoms with Crippen LogP contribution in [-0.2, 0) is 21.8 Å². The molecular weight excluding hydrogens is 576 g/mol. The molecule has 4 bridgehead atoms. The van der Waals surface area contributed by atoms with Crippen LogP contribution in [-0.4, -0.2) is 8.07 Å². The van der Waals surface area contributed by atoms with Crippen LogP contribution < -0.4 is 0 Å². The van der Waals surface area contributed by atoms with Gasteiger partial charge in [-0.15, -0.1) is 0 Å². The molecule has 2 atom stereocenters. The number of hydrogen-bond acceptors (Lipinski definition) is 0. The molecule has 2 unspecified atom stereocenters. The van der Waals surface area contributed by atoms with E-state index in [1.54, 1.807) is 44.5 Å². The van der Waals surface area contributed by atoms with Gasteiger partial charge in [-0.05, 0) is 0 Å². The number of fused-ring (bicyclic) bond motifs is 8. The Morgan fingerprint density at radius 2 is 0.975 bits per heavy atom. The van der Waals surface area contributed by atoms with Gasteiger partial charge in [0.05, 0.1) is 0 Å². The fourth-order valence-electron chi connectivity index (χ4n) is 8.75. The van der Waals surface area contributed by atoms with E-state index in [-0.39, 0.29) is 0 Å². The average molecular weight is 631 g/mol. The second kappa shape index (κ2) is 10.6. The molecule has 2 aromatic carbocycles.